The Balaban J connectivity index is 2.39. The fourth-order valence-electron chi connectivity index (χ4n) is 1.44. The lowest BCUT2D eigenvalue weighted by atomic mass is 9.96. The Morgan fingerprint density at radius 3 is 2.69 bits per heavy atom. The SMILES string of the molecule is CC(C)(CO)CNS(=O)(=O)CC1CCCO1. The average Bonchev–Trinajstić information content (AvgIpc) is 2.67. The lowest BCUT2D eigenvalue weighted by Crippen LogP contribution is -2.39. The monoisotopic (exact) mass is 251 g/mol. The van der Waals surface area contributed by atoms with Crippen molar-refractivity contribution in [2.75, 3.05) is 25.5 Å². The predicted octanol–water partition coefficient (Wildman–Crippen LogP) is 0.103. The quantitative estimate of drug-likeness (QED) is 0.702. The van der Waals surface area contributed by atoms with E-state index >= 15 is 0 Å². The molecule has 0 aromatic rings. The second-order valence-electron chi connectivity index (χ2n) is 5.06. The van der Waals surface area contributed by atoms with E-state index in [2.05, 4.69) is 4.72 Å². The van der Waals surface area contributed by atoms with Gasteiger partial charge in [0.2, 0.25) is 10.0 Å². The van der Waals surface area contributed by atoms with Crippen molar-refractivity contribution in [1.29, 1.82) is 0 Å². The summed E-state index contributed by atoms with van der Waals surface area (Å²) in [4.78, 5) is 0. The van der Waals surface area contributed by atoms with Crippen molar-refractivity contribution in [2.24, 2.45) is 5.41 Å². The van der Waals surface area contributed by atoms with Gasteiger partial charge in [-0.25, -0.2) is 13.1 Å². The van der Waals surface area contributed by atoms with Crippen molar-refractivity contribution in [3.8, 4) is 0 Å². The number of aliphatic hydroxyl groups is 1. The van der Waals surface area contributed by atoms with E-state index in [9.17, 15) is 8.42 Å². The summed E-state index contributed by atoms with van der Waals surface area (Å²) in [6.45, 7) is 4.47. The zero-order valence-corrected chi connectivity index (χ0v) is 10.7. The van der Waals surface area contributed by atoms with Gasteiger partial charge in [0.05, 0.1) is 11.9 Å². The Kier molecular flexibility index (Phi) is 4.73. The molecule has 0 amide bonds. The third-order valence-corrected chi connectivity index (χ3v) is 4.02. The van der Waals surface area contributed by atoms with Crippen LogP contribution in [0.2, 0.25) is 0 Å². The maximum atomic E-state index is 11.7. The van der Waals surface area contributed by atoms with Crippen LogP contribution in [0.1, 0.15) is 26.7 Å². The van der Waals surface area contributed by atoms with Gasteiger partial charge in [0, 0.05) is 25.2 Å². The first-order valence-electron chi connectivity index (χ1n) is 5.54. The van der Waals surface area contributed by atoms with Gasteiger partial charge in [-0.15, -0.1) is 0 Å². The minimum absolute atomic E-state index is 0.0223. The van der Waals surface area contributed by atoms with Crippen LogP contribution in [0.3, 0.4) is 0 Å². The molecule has 1 heterocycles. The molecule has 1 atom stereocenters. The zero-order valence-electron chi connectivity index (χ0n) is 9.90. The smallest absolute Gasteiger partial charge is 0.214 e. The normalized spacial score (nSPS) is 22.6. The van der Waals surface area contributed by atoms with Gasteiger partial charge in [-0.1, -0.05) is 13.8 Å². The highest BCUT2D eigenvalue weighted by atomic mass is 32.2. The van der Waals surface area contributed by atoms with Crippen molar-refractivity contribution in [3.63, 3.8) is 0 Å². The summed E-state index contributed by atoms with van der Waals surface area (Å²) in [7, 11) is -3.29. The Morgan fingerprint density at radius 1 is 1.50 bits per heavy atom. The summed E-state index contributed by atoms with van der Waals surface area (Å²) in [6, 6.07) is 0. The topological polar surface area (TPSA) is 75.6 Å². The molecule has 5 nitrogen and oxygen atoms in total. The number of sulfonamides is 1. The van der Waals surface area contributed by atoms with E-state index in [1.165, 1.54) is 0 Å². The van der Waals surface area contributed by atoms with Crippen LogP contribution >= 0.6 is 0 Å². The summed E-state index contributed by atoms with van der Waals surface area (Å²) in [6.07, 6.45) is 1.57. The Hall–Kier alpha value is -0.170. The molecule has 1 rings (SSSR count). The highest BCUT2D eigenvalue weighted by Gasteiger charge is 2.25. The minimum atomic E-state index is -3.29. The zero-order chi connectivity index (χ0) is 12.2. The van der Waals surface area contributed by atoms with Crippen LogP contribution in [-0.2, 0) is 14.8 Å². The van der Waals surface area contributed by atoms with Crippen molar-refractivity contribution in [1.82, 2.24) is 4.72 Å². The van der Waals surface area contributed by atoms with Gasteiger partial charge in [0.1, 0.15) is 0 Å². The molecule has 96 valence electrons. The summed E-state index contributed by atoms with van der Waals surface area (Å²) in [5.74, 6) is 0.0223. The van der Waals surface area contributed by atoms with E-state index < -0.39 is 15.4 Å². The molecule has 0 spiro atoms. The Morgan fingerprint density at radius 2 is 2.19 bits per heavy atom. The van der Waals surface area contributed by atoms with E-state index in [1.807, 2.05) is 13.8 Å². The van der Waals surface area contributed by atoms with Crippen LogP contribution in [0, 0.1) is 5.41 Å². The van der Waals surface area contributed by atoms with Gasteiger partial charge in [0.15, 0.2) is 0 Å². The molecule has 1 saturated heterocycles. The van der Waals surface area contributed by atoms with Gasteiger partial charge in [-0.2, -0.15) is 0 Å². The molecular formula is C10H21NO4S. The van der Waals surface area contributed by atoms with E-state index in [4.69, 9.17) is 9.84 Å². The van der Waals surface area contributed by atoms with Crippen LogP contribution in [0.4, 0.5) is 0 Å². The van der Waals surface area contributed by atoms with E-state index in [1.54, 1.807) is 0 Å². The number of hydrogen-bond donors (Lipinski definition) is 2. The summed E-state index contributed by atoms with van der Waals surface area (Å²) < 4.78 is 31.1. The molecule has 16 heavy (non-hydrogen) atoms. The second-order valence-corrected chi connectivity index (χ2v) is 6.91. The summed E-state index contributed by atoms with van der Waals surface area (Å²) in [5.41, 5.74) is -0.427. The fourth-order valence-corrected chi connectivity index (χ4v) is 2.92. The molecule has 0 aliphatic carbocycles. The summed E-state index contributed by atoms with van der Waals surface area (Å²) in [5, 5.41) is 9.02. The molecule has 1 aliphatic heterocycles. The molecule has 0 aromatic carbocycles. The van der Waals surface area contributed by atoms with Crippen LogP contribution < -0.4 is 4.72 Å². The van der Waals surface area contributed by atoms with Gasteiger partial charge in [-0.3, -0.25) is 0 Å². The molecule has 1 unspecified atom stereocenters. The largest absolute Gasteiger partial charge is 0.396 e. The number of hydrogen-bond acceptors (Lipinski definition) is 4. The van der Waals surface area contributed by atoms with Crippen molar-refractivity contribution in [3.05, 3.63) is 0 Å². The number of aliphatic hydroxyl groups excluding tert-OH is 1. The van der Waals surface area contributed by atoms with Crippen molar-refractivity contribution >= 4 is 10.0 Å². The maximum absolute atomic E-state index is 11.7. The molecule has 0 radical (unpaired) electrons. The van der Waals surface area contributed by atoms with Gasteiger partial charge < -0.3 is 9.84 Å². The first-order chi connectivity index (χ1) is 7.35. The highest BCUT2D eigenvalue weighted by molar-refractivity contribution is 7.89. The lowest BCUT2D eigenvalue weighted by Gasteiger charge is -2.22. The van der Waals surface area contributed by atoms with Gasteiger partial charge in [0.25, 0.3) is 0 Å². The molecule has 1 aliphatic rings. The predicted molar refractivity (Wildman–Crippen MR) is 61.6 cm³/mol. The Labute approximate surface area is 97.2 Å². The fraction of sp³-hybridized carbons (Fsp3) is 1.00. The Bertz CT molecular complexity index is 307. The average molecular weight is 251 g/mol. The molecule has 0 saturated carbocycles. The van der Waals surface area contributed by atoms with Gasteiger partial charge >= 0.3 is 0 Å². The minimum Gasteiger partial charge on any atom is -0.396 e. The summed E-state index contributed by atoms with van der Waals surface area (Å²) >= 11 is 0. The van der Waals surface area contributed by atoms with E-state index in [-0.39, 0.29) is 25.0 Å². The highest BCUT2D eigenvalue weighted by Crippen LogP contribution is 2.15. The van der Waals surface area contributed by atoms with Crippen LogP contribution in [0.15, 0.2) is 0 Å². The maximum Gasteiger partial charge on any atom is 0.214 e. The molecule has 0 bridgehead atoms. The standard InChI is InChI=1S/C10H21NO4S/c1-10(2,8-12)7-11-16(13,14)6-9-4-3-5-15-9/h9,11-12H,3-8H2,1-2H3. The first-order valence-corrected chi connectivity index (χ1v) is 7.20. The number of rotatable bonds is 6. The first kappa shape index (κ1) is 13.9. The number of ether oxygens (including phenoxy) is 1. The molecular weight excluding hydrogens is 230 g/mol. The van der Waals surface area contributed by atoms with Crippen molar-refractivity contribution < 1.29 is 18.3 Å². The van der Waals surface area contributed by atoms with Crippen LogP contribution in [0.5, 0.6) is 0 Å². The van der Waals surface area contributed by atoms with E-state index in [0.717, 1.165) is 12.8 Å². The molecule has 0 aromatic heterocycles. The van der Waals surface area contributed by atoms with E-state index in [0.29, 0.717) is 6.61 Å². The van der Waals surface area contributed by atoms with Crippen LogP contribution in [0.25, 0.3) is 0 Å². The van der Waals surface area contributed by atoms with Gasteiger partial charge in [-0.05, 0) is 12.8 Å². The second kappa shape index (κ2) is 5.44. The molecule has 1 fully saturated rings. The lowest BCUT2D eigenvalue weighted by molar-refractivity contribution is 0.127. The third kappa shape index (κ3) is 4.78. The van der Waals surface area contributed by atoms with Crippen molar-refractivity contribution in [2.45, 2.75) is 32.8 Å². The number of nitrogens with one attached hydrogen (secondary N) is 1. The third-order valence-electron chi connectivity index (χ3n) is 2.63. The molecule has 6 heteroatoms. The molecule has 2 N–H and O–H groups in total. The van der Waals surface area contributed by atoms with Crippen LogP contribution in [-0.4, -0.2) is 45.1 Å².